The molecule has 0 aromatic heterocycles. The van der Waals surface area contributed by atoms with Crippen LogP contribution in [0.25, 0.3) is 0 Å². The van der Waals surface area contributed by atoms with E-state index in [1.807, 2.05) is 0 Å². The molecule has 2 amide bonds. The van der Waals surface area contributed by atoms with E-state index in [0.29, 0.717) is 19.4 Å². The van der Waals surface area contributed by atoms with Crippen LogP contribution in [0.15, 0.2) is 11.8 Å². The van der Waals surface area contributed by atoms with Gasteiger partial charge >= 0.3 is 0 Å². The smallest absolute Gasteiger partial charge is 0.229 e. The number of hydrogen-bond donors (Lipinski definition) is 0. The zero-order valence-electron chi connectivity index (χ0n) is 10.5. The third-order valence-corrected chi connectivity index (χ3v) is 3.76. The summed E-state index contributed by atoms with van der Waals surface area (Å²) in [4.78, 5) is 24.0. The minimum absolute atomic E-state index is 0.000763. The second-order valence-corrected chi connectivity index (χ2v) is 10.4. The quantitative estimate of drug-likeness (QED) is 0.419. The van der Waals surface area contributed by atoms with Crippen LogP contribution < -0.4 is 0 Å². The van der Waals surface area contributed by atoms with Crippen molar-refractivity contribution < 1.29 is 9.59 Å². The molecule has 0 bridgehead atoms. The van der Waals surface area contributed by atoms with Gasteiger partial charge in [-0.25, -0.2) is 0 Å². The molecular formula is C12H21NO2Si. The fourth-order valence-electron chi connectivity index (χ4n) is 1.68. The largest absolute Gasteiger partial charge is 0.283 e. The van der Waals surface area contributed by atoms with E-state index >= 15 is 0 Å². The molecule has 1 saturated heterocycles. The second-order valence-electron chi connectivity index (χ2n) is 5.35. The first-order valence-electron chi connectivity index (χ1n) is 5.91. The standard InChI is InChI=1S/C12H21NO2Si/c1-16(2,3)10-6-4-5-9-13-11(14)7-8-12(13)15/h6,10H,4-5,7-9H2,1-3H3/b10-6-. The molecule has 0 spiro atoms. The van der Waals surface area contributed by atoms with Crippen LogP contribution in [0.3, 0.4) is 0 Å². The summed E-state index contributed by atoms with van der Waals surface area (Å²) in [6, 6.07) is 0. The molecule has 4 heteroatoms. The van der Waals surface area contributed by atoms with E-state index in [9.17, 15) is 9.59 Å². The predicted molar refractivity (Wildman–Crippen MR) is 67.7 cm³/mol. The lowest BCUT2D eigenvalue weighted by Crippen LogP contribution is -2.29. The average molecular weight is 239 g/mol. The molecule has 0 aliphatic carbocycles. The fraction of sp³-hybridized carbons (Fsp3) is 0.667. The number of carbonyl (C=O) groups excluding carboxylic acids is 2. The van der Waals surface area contributed by atoms with Gasteiger partial charge in [0.15, 0.2) is 0 Å². The van der Waals surface area contributed by atoms with E-state index in [2.05, 4.69) is 31.4 Å². The van der Waals surface area contributed by atoms with E-state index in [1.165, 1.54) is 4.90 Å². The highest BCUT2D eigenvalue weighted by Gasteiger charge is 2.27. The van der Waals surface area contributed by atoms with Crippen LogP contribution in [0.5, 0.6) is 0 Å². The van der Waals surface area contributed by atoms with Crippen molar-refractivity contribution in [3.8, 4) is 0 Å². The fourth-order valence-corrected chi connectivity index (χ4v) is 2.55. The van der Waals surface area contributed by atoms with Crippen LogP contribution in [0.4, 0.5) is 0 Å². The Bertz CT molecular complexity index is 289. The minimum atomic E-state index is -1.09. The number of hydrogen-bond acceptors (Lipinski definition) is 2. The number of carbonyl (C=O) groups is 2. The van der Waals surface area contributed by atoms with Crippen molar-refractivity contribution in [3.05, 3.63) is 11.8 Å². The molecule has 1 rings (SSSR count). The highest BCUT2D eigenvalue weighted by molar-refractivity contribution is 6.80. The topological polar surface area (TPSA) is 37.4 Å². The molecule has 0 aromatic carbocycles. The minimum Gasteiger partial charge on any atom is -0.283 e. The Kier molecular flexibility index (Phi) is 4.47. The molecule has 1 heterocycles. The zero-order chi connectivity index (χ0) is 12.2. The summed E-state index contributed by atoms with van der Waals surface area (Å²) in [5.41, 5.74) is 2.31. The van der Waals surface area contributed by atoms with Gasteiger partial charge in [-0.3, -0.25) is 14.5 Å². The first-order valence-corrected chi connectivity index (χ1v) is 9.49. The Morgan fingerprint density at radius 2 is 1.75 bits per heavy atom. The summed E-state index contributed by atoms with van der Waals surface area (Å²) < 4.78 is 0. The molecule has 0 N–H and O–H groups in total. The summed E-state index contributed by atoms with van der Waals surface area (Å²) in [5, 5.41) is 0. The van der Waals surface area contributed by atoms with Crippen molar-refractivity contribution in [2.75, 3.05) is 6.54 Å². The van der Waals surface area contributed by atoms with Gasteiger partial charge in [-0.05, 0) is 12.8 Å². The van der Waals surface area contributed by atoms with E-state index in [-0.39, 0.29) is 11.8 Å². The van der Waals surface area contributed by atoms with Crippen LogP contribution in [-0.4, -0.2) is 31.3 Å². The summed E-state index contributed by atoms with van der Waals surface area (Å²) in [6.07, 6.45) is 4.85. The van der Waals surface area contributed by atoms with Crippen LogP contribution in [0.1, 0.15) is 25.7 Å². The molecule has 90 valence electrons. The van der Waals surface area contributed by atoms with Gasteiger partial charge in [0.2, 0.25) is 11.8 Å². The van der Waals surface area contributed by atoms with Gasteiger partial charge in [0.1, 0.15) is 0 Å². The molecule has 1 aliphatic heterocycles. The van der Waals surface area contributed by atoms with Crippen molar-refractivity contribution in [3.63, 3.8) is 0 Å². The van der Waals surface area contributed by atoms with Crippen LogP contribution >= 0.6 is 0 Å². The van der Waals surface area contributed by atoms with E-state index in [4.69, 9.17) is 0 Å². The van der Waals surface area contributed by atoms with Crippen molar-refractivity contribution in [1.82, 2.24) is 4.90 Å². The Morgan fingerprint density at radius 1 is 1.19 bits per heavy atom. The number of rotatable bonds is 5. The highest BCUT2D eigenvalue weighted by Crippen LogP contribution is 2.12. The highest BCUT2D eigenvalue weighted by atomic mass is 28.3. The number of amides is 2. The molecule has 0 saturated carbocycles. The summed E-state index contributed by atoms with van der Waals surface area (Å²) in [5.74, 6) is -0.00153. The number of nitrogens with zero attached hydrogens (tertiary/aromatic N) is 1. The monoisotopic (exact) mass is 239 g/mol. The van der Waals surface area contributed by atoms with Crippen molar-refractivity contribution >= 4 is 19.9 Å². The zero-order valence-corrected chi connectivity index (χ0v) is 11.5. The summed E-state index contributed by atoms with van der Waals surface area (Å²) in [6.45, 7) is 7.46. The van der Waals surface area contributed by atoms with E-state index < -0.39 is 8.07 Å². The maximum absolute atomic E-state index is 11.3. The van der Waals surface area contributed by atoms with Gasteiger partial charge in [0, 0.05) is 19.4 Å². The first-order chi connectivity index (χ1) is 7.40. The number of allylic oxidation sites excluding steroid dienone is 1. The summed E-state index contributed by atoms with van der Waals surface area (Å²) >= 11 is 0. The van der Waals surface area contributed by atoms with Gasteiger partial charge in [0.05, 0.1) is 8.07 Å². The average Bonchev–Trinajstić information content (AvgIpc) is 2.46. The number of imide groups is 1. The van der Waals surface area contributed by atoms with E-state index in [1.54, 1.807) is 0 Å². The van der Waals surface area contributed by atoms with E-state index in [0.717, 1.165) is 12.8 Å². The molecule has 0 atom stereocenters. The number of likely N-dealkylation sites (tertiary alicyclic amines) is 1. The maximum atomic E-state index is 11.3. The van der Waals surface area contributed by atoms with Gasteiger partial charge in [-0.15, -0.1) is 0 Å². The van der Waals surface area contributed by atoms with Crippen LogP contribution in [0, 0.1) is 0 Å². The van der Waals surface area contributed by atoms with Crippen molar-refractivity contribution in [1.29, 1.82) is 0 Å². The van der Waals surface area contributed by atoms with Crippen LogP contribution in [0.2, 0.25) is 19.6 Å². The van der Waals surface area contributed by atoms with Crippen molar-refractivity contribution in [2.45, 2.75) is 45.3 Å². The Morgan fingerprint density at radius 3 is 2.25 bits per heavy atom. The maximum Gasteiger partial charge on any atom is 0.229 e. The third kappa shape index (κ3) is 4.31. The van der Waals surface area contributed by atoms with Gasteiger partial charge < -0.3 is 0 Å². The predicted octanol–water partition coefficient (Wildman–Crippen LogP) is 2.35. The Labute approximate surface area is 98.5 Å². The SMILES string of the molecule is C[Si](C)(C)/C=C\CCCN1C(=O)CCC1=O. The second kappa shape index (κ2) is 5.43. The van der Waals surface area contributed by atoms with Gasteiger partial charge in [0.25, 0.3) is 0 Å². The lowest BCUT2D eigenvalue weighted by atomic mass is 10.3. The molecule has 0 aromatic rings. The van der Waals surface area contributed by atoms with Crippen LogP contribution in [-0.2, 0) is 9.59 Å². The van der Waals surface area contributed by atoms with Gasteiger partial charge in [-0.2, -0.15) is 0 Å². The lowest BCUT2D eigenvalue weighted by molar-refractivity contribution is -0.138. The Hall–Kier alpha value is -0.903. The molecule has 16 heavy (non-hydrogen) atoms. The normalized spacial score (nSPS) is 17.8. The Balaban J connectivity index is 2.23. The summed E-state index contributed by atoms with van der Waals surface area (Å²) in [7, 11) is -1.09. The van der Waals surface area contributed by atoms with Gasteiger partial charge in [-0.1, -0.05) is 31.4 Å². The first kappa shape index (κ1) is 13.2. The molecule has 1 fully saturated rings. The number of unbranched alkanes of at least 4 members (excludes halogenated alkanes) is 1. The molecule has 3 nitrogen and oxygen atoms in total. The van der Waals surface area contributed by atoms with Crippen molar-refractivity contribution in [2.24, 2.45) is 0 Å². The lowest BCUT2D eigenvalue weighted by Gasteiger charge is -2.12. The third-order valence-electron chi connectivity index (χ3n) is 2.53. The molecule has 0 unspecified atom stereocenters. The molecule has 1 aliphatic rings. The molecular weight excluding hydrogens is 218 g/mol. The molecule has 0 radical (unpaired) electrons.